The number of ether oxygens (including phenoxy) is 6. The first-order valence-electron chi connectivity index (χ1n) is 13.5. The number of aliphatic hydroxyl groups excluding tert-OH is 1. The normalized spacial score (nSPS) is 21.7. The van der Waals surface area contributed by atoms with Crippen LogP contribution in [-0.2, 0) is 61.9 Å². The number of alkyl halides is 3. The number of benzene rings is 1. The molecule has 2 aromatic rings. The van der Waals surface area contributed by atoms with Gasteiger partial charge in [-0.25, -0.2) is 0 Å². The summed E-state index contributed by atoms with van der Waals surface area (Å²) >= 11 is 0. The third kappa shape index (κ3) is 9.41. The van der Waals surface area contributed by atoms with Gasteiger partial charge in [-0.2, -0.15) is 13.2 Å². The maximum atomic E-state index is 14.0. The van der Waals surface area contributed by atoms with Crippen LogP contribution in [0.15, 0.2) is 24.3 Å². The van der Waals surface area contributed by atoms with Crippen molar-refractivity contribution in [2.75, 3.05) is 13.2 Å². The number of carbonyl (C=O) groups is 4. The molecule has 0 spiro atoms. The van der Waals surface area contributed by atoms with Crippen LogP contribution in [0.25, 0.3) is 0 Å². The third-order valence-electron chi connectivity index (χ3n) is 6.32. The van der Waals surface area contributed by atoms with Gasteiger partial charge in [0.05, 0.1) is 5.56 Å². The van der Waals surface area contributed by atoms with E-state index in [2.05, 4.69) is 5.10 Å². The predicted octanol–water partition coefficient (Wildman–Crippen LogP) is 2.41. The highest BCUT2D eigenvalue weighted by molar-refractivity contribution is 5.68. The summed E-state index contributed by atoms with van der Waals surface area (Å²) in [4.78, 5) is 47.6. The number of aliphatic hydroxyl groups is 1. The van der Waals surface area contributed by atoms with Gasteiger partial charge >= 0.3 is 30.1 Å². The van der Waals surface area contributed by atoms with E-state index in [0.717, 1.165) is 33.3 Å². The average Bonchev–Trinajstić information content (AvgIpc) is 3.32. The van der Waals surface area contributed by atoms with Crippen molar-refractivity contribution in [3.8, 4) is 5.88 Å². The topological polar surface area (TPSA) is 173 Å². The zero-order valence-corrected chi connectivity index (χ0v) is 24.3. The molecule has 1 aliphatic rings. The Hall–Kier alpha value is -4.18. The second-order valence-electron chi connectivity index (χ2n) is 9.89. The fourth-order valence-electron chi connectivity index (χ4n) is 4.55. The van der Waals surface area contributed by atoms with Crippen LogP contribution in [0.3, 0.4) is 0 Å². The lowest BCUT2D eigenvalue weighted by Gasteiger charge is -2.43. The summed E-state index contributed by atoms with van der Waals surface area (Å²) in [5.41, 5.74) is -0.271. The lowest BCUT2D eigenvalue weighted by atomic mass is 9.98. The Labute approximate surface area is 249 Å². The SMILES string of the molecule is CC(=O)OC[C@H]1OC(Oc2n[nH]c(C(F)(F)F)c2Cc2ccc(CCCO)cc2)[C@H](OC(C)=O)[C@@H](OC(C)=O)[C@@H]1OC(C)=O. The number of aromatic amines is 1. The molecular weight excluding hydrogens is 597 g/mol. The zero-order valence-electron chi connectivity index (χ0n) is 24.3. The number of carbonyl (C=O) groups excluding carboxylic acids is 4. The summed E-state index contributed by atoms with van der Waals surface area (Å²) in [6.45, 7) is 3.62. The van der Waals surface area contributed by atoms with Crippen LogP contribution in [0.5, 0.6) is 5.88 Å². The highest BCUT2D eigenvalue weighted by atomic mass is 19.4. The van der Waals surface area contributed by atoms with E-state index >= 15 is 0 Å². The van der Waals surface area contributed by atoms with Gasteiger partial charge in [-0.15, -0.1) is 5.10 Å². The van der Waals surface area contributed by atoms with E-state index in [9.17, 15) is 32.3 Å². The number of nitrogens with one attached hydrogen (secondary N) is 1. The first kappa shape index (κ1) is 34.3. The largest absolute Gasteiger partial charge is 0.463 e. The number of esters is 4. The minimum Gasteiger partial charge on any atom is -0.463 e. The number of hydrogen-bond acceptors (Lipinski definition) is 12. The van der Waals surface area contributed by atoms with E-state index in [1.54, 1.807) is 24.3 Å². The van der Waals surface area contributed by atoms with E-state index in [0.29, 0.717) is 18.4 Å². The molecule has 0 aliphatic carbocycles. The molecule has 1 aromatic heterocycles. The van der Waals surface area contributed by atoms with Gasteiger partial charge in [-0.3, -0.25) is 24.3 Å². The molecule has 3 rings (SSSR count). The van der Waals surface area contributed by atoms with E-state index in [1.807, 2.05) is 5.10 Å². The Balaban J connectivity index is 2.04. The van der Waals surface area contributed by atoms with E-state index in [-0.39, 0.29) is 13.0 Å². The van der Waals surface area contributed by atoms with E-state index in [4.69, 9.17) is 33.5 Å². The molecule has 16 heteroatoms. The van der Waals surface area contributed by atoms with Gasteiger partial charge < -0.3 is 33.5 Å². The zero-order chi connectivity index (χ0) is 32.6. The molecule has 2 heterocycles. The predicted molar refractivity (Wildman–Crippen MR) is 141 cm³/mol. The molecule has 1 saturated heterocycles. The highest BCUT2D eigenvalue weighted by Gasteiger charge is 2.54. The Morgan fingerprint density at radius 1 is 0.886 bits per heavy atom. The molecule has 0 radical (unpaired) electrons. The number of hydrogen-bond donors (Lipinski definition) is 2. The number of nitrogens with zero attached hydrogens (tertiary/aromatic N) is 1. The fourth-order valence-corrected chi connectivity index (χ4v) is 4.55. The number of aryl methyl sites for hydroxylation is 1. The van der Waals surface area contributed by atoms with Crippen molar-refractivity contribution < 1.29 is 65.9 Å². The average molecular weight is 631 g/mol. The summed E-state index contributed by atoms with van der Waals surface area (Å²) in [5, 5.41) is 14.7. The molecule has 1 fully saturated rings. The van der Waals surface area contributed by atoms with Crippen LogP contribution < -0.4 is 4.74 Å². The van der Waals surface area contributed by atoms with Crippen molar-refractivity contribution in [3.05, 3.63) is 46.6 Å². The maximum absolute atomic E-state index is 14.0. The first-order chi connectivity index (χ1) is 20.7. The first-order valence-corrected chi connectivity index (χ1v) is 13.5. The maximum Gasteiger partial charge on any atom is 0.433 e. The van der Waals surface area contributed by atoms with Gasteiger partial charge in [0, 0.05) is 40.7 Å². The van der Waals surface area contributed by atoms with Gasteiger partial charge in [0.1, 0.15) is 18.4 Å². The van der Waals surface area contributed by atoms with E-state index < -0.39 is 84.5 Å². The lowest BCUT2D eigenvalue weighted by Crippen LogP contribution is -2.63. The summed E-state index contributed by atoms with van der Waals surface area (Å²) in [7, 11) is 0. The molecule has 1 unspecified atom stereocenters. The van der Waals surface area contributed by atoms with Crippen molar-refractivity contribution in [2.24, 2.45) is 0 Å². The smallest absolute Gasteiger partial charge is 0.433 e. The van der Waals surface area contributed by atoms with Crippen LogP contribution in [0, 0.1) is 0 Å². The number of rotatable bonds is 12. The molecule has 0 bridgehead atoms. The van der Waals surface area contributed by atoms with Gasteiger partial charge in [0.2, 0.25) is 18.3 Å². The number of aromatic nitrogens is 2. The molecule has 242 valence electrons. The van der Waals surface area contributed by atoms with Crippen molar-refractivity contribution in [1.29, 1.82) is 0 Å². The fraction of sp³-hybridized carbons (Fsp3) is 0.536. The van der Waals surface area contributed by atoms with Crippen molar-refractivity contribution in [3.63, 3.8) is 0 Å². The Bertz CT molecular complexity index is 1310. The quantitative estimate of drug-likeness (QED) is 0.260. The molecule has 2 N–H and O–H groups in total. The minimum atomic E-state index is -4.87. The van der Waals surface area contributed by atoms with Crippen LogP contribution in [0.2, 0.25) is 0 Å². The van der Waals surface area contributed by atoms with Crippen LogP contribution in [-0.4, -0.2) is 83.1 Å². The van der Waals surface area contributed by atoms with Gasteiger partial charge in [-0.05, 0) is 24.0 Å². The lowest BCUT2D eigenvalue weighted by molar-refractivity contribution is -0.289. The number of halogens is 3. The molecule has 44 heavy (non-hydrogen) atoms. The third-order valence-corrected chi connectivity index (χ3v) is 6.32. The summed E-state index contributed by atoms with van der Waals surface area (Å²) in [6, 6.07) is 6.69. The molecule has 5 atom stereocenters. The molecule has 0 amide bonds. The molecule has 1 aromatic carbocycles. The van der Waals surface area contributed by atoms with Crippen LogP contribution in [0.4, 0.5) is 13.2 Å². The van der Waals surface area contributed by atoms with Gasteiger partial charge in [-0.1, -0.05) is 24.3 Å². The summed E-state index contributed by atoms with van der Waals surface area (Å²) in [6.07, 6.45) is -12.0. The summed E-state index contributed by atoms with van der Waals surface area (Å²) < 4.78 is 74.6. The summed E-state index contributed by atoms with van der Waals surface area (Å²) in [5.74, 6) is -3.97. The monoisotopic (exact) mass is 630 g/mol. The second kappa shape index (κ2) is 15.0. The van der Waals surface area contributed by atoms with Crippen molar-refractivity contribution in [2.45, 2.75) is 83.8 Å². The van der Waals surface area contributed by atoms with Crippen LogP contribution >= 0.6 is 0 Å². The molecular formula is C28H33F3N2O11. The number of H-pyrrole nitrogens is 1. The standard InChI is InChI=1S/C28H33F3N2O11/c1-14(35)39-13-21-22(40-15(2)36)23(41-16(3)37)24(42-17(4)38)27(43-21)44-26-20(25(32-33-26)28(29,30)31)12-19-9-7-18(8-10-19)6-5-11-34/h7-10,21-24,27,34H,5-6,11-13H2,1-4H3,(H,32,33)/t21-,22-,23+,24-,27?/m1/s1. The molecule has 13 nitrogen and oxygen atoms in total. The van der Waals surface area contributed by atoms with E-state index in [1.165, 1.54) is 0 Å². The second-order valence-corrected chi connectivity index (χ2v) is 9.89. The Kier molecular flexibility index (Phi) is 11.7. The van der Waals surface area contributed by atoms with Crippen molar-refractivity contribution >= 4 is 23.9 Å². The highest BCUT2D eigenvalue weighted by Crippen LogP contribution is 2.38. The Morgan fingerprint density at radius 2 is 1.45 bits per heavy atom. The van der Waals surface area contributed by atoms with Crippen molar-refractivity contribution in [1.82, 2.24) is 10.2 Å². The molecule has 1 aliphatic heterocycles. The van der Waals surface area contributed by atoms with Crippen LogP contribution in [0.1, 0.15) is 56.5 Å². The van der Waals surface area contributed by atoms with Gasteiger partial charge in [0.15, 0.2) is 12.2 Å². The minimum absolute atomic E-state index is 0.00828. The molecule has 0 saturated carbocycles. The Morgan fingerprint density at radius 3 is 2.00 bits per heavy atom. The van der Waals surface area contributed by atoms with Gasteiger partial charge in [0.25, 0.3) is 0 Å².